The SMILES string of the molecule is O=C(O)CN1CCC(NC(=O)C2CC23CCC3)CC1. The van der Waals surface area contributed by atoms with E-state index in [0.29, 0.717) is 5.41 Å². The summed E-state index contributed by atoms with van der Waals surface area (Å²) in [5, 5.41) is 11.9. The van der Waals surface area contributed by atoms with Crippen molar-refractivity contribution in [3.63, 3.8) is 0 Å². The second-order valence-corrected chi connectivity index (χ2v) is 6.43. The molecule has 106 valence electrons. The maximum Gasteiger partial charge on any atom is 0.317 e. The minimum atomic E-state index is -0.771. The quantitative estimate of drug-likeness (QED) is 0.791. The maximum atomic E-state index is 12.1. The normalized spacial score (nSPS) is 29.8. The Morgan fingerprint density at radius 3 is 2.42 bits per heavy atom. The molecule has 1 spiro atoms. The van der Waals surface area contributed by atoms with Crippen molar-refractivity contribution in [1.29, 1.82) is 0 Å². The molecule has 0 radical (unpaired) electrons. The Morgan fingerprint density at radius 2 is 1.95 bits per heavy atom. The van der Waals surface area contributed by atoms with Gasteiger partial charge < -0.3 is 10.4 Å². The monoisotopic (exact) mass is 266 g/mol. The smallest absolute Gasteiger partial charge is 0.317 e. The van der Waals surface area contributed by atoms with Gasteiger partial charge in [0.2, 0.25) is 5.91 Å². The van der Waals surface area contributed by atoms with Gasteiger partial charge in [0, 0.05) is 25.0 Å². The highest BCUT2D eigenvalue weighted by Crippen LogP contribution is 2.65. The van der Waals surface area contributed by atoms with Crippen LogP contribution in [0.2, 0.25) is 0 Å². The van der Waals surface area contributed by atoms with Gasteiger partial charge in [-0.05, 0) is 37.5 Å². The summed E-state index contributed by atoms with van der Waals surface area (Å²) in [6, 6.07) is 0.246. The molecule has 19 heavy (non-hydrogen) atoms. The highest BCUT2D eigenvalue weighted by atomic mass is 16.4. The first-order valence-electron chi connectivity index (χ1n) is 7.34. The summed E-state index contributed by atoms with van der Waals surface area (Å²) in [5.41, 5.74) is 0.397. The number of nitrogens with one attached hydrogen (secondary N) is 1. The number of nitrogens with zero attached hydrogens (tertiary/aromatic N) is 1. The Hall–Kier alpha value is -1.10. The van der Waals surface area contributed by atoms with E-state index < -0.39 is 5.97 Å². The zero-order valence-corrected chi connectivity index (χ0v) is 11.2. The van der Waals surface area contributed by atoms with E-state index in [0.717, 1.165) is 32.4 Å². The van der Waals surface area contributed by atoms with Crippen molar-refractivity contribution >= 4 is 11.9 Å². The van der Waals surface area contributed by atoms with Gasteiger partial charge in [-0.15, -0.1) is 0 Å². The summed E-state index contributed by atoms with van der Waals surface area (Å²) >= 11 is 0. The van der Waals surface area contributed by atoms with Crippen LogP contribution in [0.3, 0.4) is 0 Å². The number of carboxylic acids is 1. The molecule has 0 bridgehead atoms. The molecule has 1 atom stereocenters. The maximum absolute atomic E-state index is 12.1. The summed E-state index contributed by atoms with van der Waals surface area (Å²) in [7, 11) is 0. The molecule has 3 rings (SSSR count). The number of carbonyl (C=O) groups excluding carboxylic acids is 1. The molecule has 3 fully saturated rings. The van der Waals surface area contributed by atoms with Crippen molar-refractivity contribution in [3.8, 4) is 0 Å². The number of aliphatic carboxylic acids is 1. The molecule has 2 N–H and O–H groups in total. The first-order chi connectivity index (χ1) is 9.09. The van der Waals surface area contributed by atoms with Gasteiger partial charge in [0.1, 0.15) is 0 Å². The standard InChI is InChI=1S/C14H22N2O3/c17-12(18)9-16-6-2-10(3-7-16)15-13(19)11-8-14(11)4-1-5-14/h10-11H,1-9H2,(H,15,19)(H,17,18). The lowest BCUT2D eigenvalue weighted by Crippen LogP contribution is -2.46. The van der Waals surface area contributed by atoms with E-state index in [-0.39, 0.29) is 24.4 Å². The summed E-state index contributed by atoms with van der Waals surface area (Å²) in [6.07, 6.45) is 6.61. The largest absolute Gasteiger partial charge is 0.480 e. The Bertz CT molecular complexity index is 384. The summed E-state index contributed by atoms with van der Waals surface area (Å²) in [5.74, 6) is -0.248. The van der Waals surface area contributed by atoms with Crippen LogP contribution in [0.5, 0.6) is 0 Å². The molecule has 5 heteroatoms. The van der Waals surface area contributed by atoms with Crippen LogP contribution in [0.15, 0.2) is 0 Å². The van der Waals surface area contributed by atoms with E-state index >= 15 is 0 Å². The summed E-state index contributed by atoms with van der Waals surface area (Å²) in [6.45, 7) is 1.66. The number of hydrogen-bond acceptors (Lipinski definition) is 3. The minimum Gasteiger partial charge on any atom is -0.480 e. The fraction of sp³-hybridized carbons (Fsp3) is 0.857. The highest BCUT2D eigenvalue weighted by molar-refractivity contribution is 5.83. The molecule has 1 aliphatic heterocycles. The fourth-order valence-electron chi connectivity index (χ4n) is 3.63. The number of rotatable bonds is 4. The van der Waals surface area contributed by atoms with Gasteiger partial charge in [-0.1, -0.05) is 6.42 Å². The first kappa shape index (κ1) is 12.9. The van der Waals surface area contributed by atoms with Crippen LogP contribution in [0.1, 0.15) is 38.5 Å². The van der Waals surface area contributed by atoms with E-state index in [2.05, 4.69) is 5.32 Å². The van der Waals surface area contributed by atoms with Crippen molar-refractivity contribution in [3.05, 3.63) is 0 Å². The Labute approximate surface area is 113 Å². The number of piperidine rings is 1. The van der Waals surface area contributed by atoms with Crippen molar-refractivity contribution in [2.75, 3.05) is 19.6 Å². The number of likely N-dealkylation sites (tertiary alicyclic amines) is 1. The second-order valence-electron chi connectivity index (χ2n) is 6.43. The van der Waals surface area contributed by atoms with Crippen LogP contribution in [0.25, 0.3) is 0 Å². The molecule has 0 aromatic carbocycles. The van der Waals surface area contributed by atoms with Crippen LogP contribution < -0.4 is 5.32 Å². The van der Waals surface area contributed by atoms with Crippen molar-refractivity contribution in [2.24, 2.45) is 11.3 Å². The molecule has 0 aromatic heterocycles. The van der Waals surface area contributed by atoms with Crippen molar-refractivity contribution in [2.45, 2.75) is 44.6 Å². The van der Waals surface area contributed by atoms with Crippen LogP contribution in [0.4, 0.5) is 0 Å². The van der Waals surface area contributed by atoms with Gasteiger partial charge >= 0.3 is 5.97 Å². The summed E-state index contributed by atoms with van der Waals surface area (Å²) < 4.78 is 0. The molecule has 1 saturated heterocycles. The lowest BCUT2D eigenvalue weighted by molar-refractivity contribution is -0.138. The van der Waals surface area contributed by atoms with Crippen molar-refractivity contribution in [1.82, 2.24) is 10.2 Å². The lowest BCUT2D eigenvalue weighted by Gasteiger charge is -2.32. The van der Waals surface area contributed by atoms with E-state index in [9.17, 15) is 9.59 Å². The number of hydrogen-bond donors (Lipinski definition) is 2. The Balaban J connectivity index is 1.40. The van der Waals surface area contributed by atoms with E-state index in [1.165, 1.54) is 19.3 Å². The molecule has 2 saturated carbocycles. The van der Waals surface area contributed by atoms with Gasteiger partial charge in [0.05, 0.1) is 6.54 Å². The van der Waals surface area contributed by atoms with Crippen LogP contribution in [-0.4, -0.2) is 47.6 Å². The third kappa shape index (κ3) is 2.61. The van der Waals surface area contributed by atoms with Gasteiger partial charge in [-0.2, -0.15) is 0 Å². The fourth-order valence-corrected chi connectivity index (χ4v) is 3.63. The van der Waals surface area contributed by atoms with Crippen molar-refractivity contribution < 1.29 is 14.7 Å². The van der Waals surface area contributed by atoms with Crippen LogP contribution >= 0.6 is 0 Å². The average molecular weight is 266 g/mol. The van der Waals surface area contributed by atoms with Crippen LogP contribution in [-0.2, 0) is 9.59 Å². The lowest BCUT2D eigenvalue weighted by atomic mass is 9.79. The number of carboxylic acid groups (broad SMARTS) is 1. The third-order valence-electron chi connectivity index (χ3n) is 5.15. The predicted octanol–water partition coefficient (Wildman–Crippen LogP) is 0.842. The predicted molar refractivity (Wildman–Crippen MR) is 69.6 cm³/mol. The molecular formula is C14H22N2O3. The zero-order chi connectivity index (χ0) is 13.5. The average Bonchev–Trinajstić information content (AvgIpc) is 3.06. The molecule has 1 unspecified atom stereocenters. The second kappa shape index (κ2) is 4.78. The van der Waals surface area contributed by atoms with Gasteiger partial charge in [0.25, 0.3) is 0 Å². The molecule has 1 amide bonds. The molecule has 1 heterocycles. The first-order valence-corrected chi connectivity index (χ1v) is 7.34. The number of carbonyl (C=O) groups is 2. The Kier molecular flexibility index (Phi) is 3.25. The zero-order valence-electron chi connectivity index (χ0n) is 11.2. The third-order valence-corrected chi connectivity index (χ3v) is 5.15. The van der Waals surface area contributed by atoms with Gasteiger partial charge in [0.15, 0.2) is 0 Å². The Morgan fingerprint density at radius 1 is 1.26 bits per heavy atom. The minimum absolute atomic E-state index is 0.117. The highest BCUT2D eigenvalue weighted by Gasteiger charge is 2.60. The molecule has 5 nitrogen and oxygen atoms in total. The molecule has 0 aromatic rings. The van der Waals surface area contributed by atoms with E-state index in [1.807, 2.05) is 4.90 Å². The summed E-state index contributed by atoms with van der Waals surface area (Å²) in [4.78, 5) is 24.7. The molecular weight excluding hydrogens is 244 g/mol. The van der Waals surface area contributed by atoms with E-state index in [4.69, 9.17) is 5.11 Å². The van der Waals surface area contributed by atoms with Gasteiger partial charge in [-0.3, -0.25) is 14.5 Å². The number of amides is 1. The molecule has 3 aliphatic rings. The van der Waals surface area contributed by atoms with Crippen LogP contribution in [0, 0.1) is 11.3 Å². The van der Waals surface area contributed by atoms with Gasteiger partial charge in [-0.25, -0.2) is 0 Å². The van der Waals surface area contributed by atoms with E-state index in [1.54, 1.807) is 0 Å². The molecule has 2 aliphatic carbocycles. The topological polar surface area (TPSA) is 69.6 Å².